The Morgan fingerprint density at radius 3 is 2.46 bits per heavy atom. The SMILES string of the molecule is CC(=O)NC(C(=O)Nc1ccc2c(c1)N(C(C)=O)CCC2)C(C)C. The molecule has 1 heterocycles. The Morgan fingerprint density at radius 1 is 1.17 bits per heavy atom. The van der Waals surface area contributed by atoms with E-state index in [0.717, 1.165) is 24.1 Å². The first-order valence-electron chi connectivity index (χ1n) is 8.28. The molecule has 6 nitrogen and oxygen atoms in total. The van der Waals surface area contributed by atoms with E-state index >= 15 is 0 Å². The monoisotopic (exact) mass is 331 g/mol. The summed E-state index contributed by atoms with van der Waals surface area (Å²) >= 11 is 0. The molecule has 1 unspecified atom stereocenters. The van der Waals surface area contributed by atoms with Gasteiger partial charge in [-0.15, -0.1) is 0 Å². The smallest absolute Gasteiger partial charge is 0.247 e. The highest BCUT2D eigenvalue weighted by atomic mass is 16.2. The molecule has 2 N–H and O–H groups in total. The maximum Gasteiger partial charge on any atom is 0.247 e. The quantitative estimate of drug-likeness (QED) is 0.887. The van der Waals surface area contributed by atoms with Gasteiger partial charge in [0.2, 0.25) is 17.7 Å². The molecule has 2 rings (SSSR count). The summed E-state index contributed by atoms with van der Waals surface area (Å²) in [5.74, 6) is -0.527. The lowest BCUT2D eigenvalue weighted by atomic mass is 10.0. The standard InChI is InChI=1S/C18H25N3O3/c1-11(2)17(19-12(3)22)18(24)20-15-8-7-14-6-5-9-21(13(4)23)16(14)10-15/h7-8,10-11,17H,5-6,9H2,1-4H3,(H,19,22)(H,20,24). The van der Waals surface area contributed by atoms with Crippen LogP contribution < -0.4 is 15.5 Å². The van der Waals surface area contributed by atoms with Crippen LogP contribution in [0.3, 0.4) is 0 Å². The van der Waals surface area contributed by atoms with Crippen LogP contribution in [-0.4, -0.2) is 30.3 Å². The Hall–Kier alpha value is -2.37. The average molecular weight is 331 g/mol. The Kier molecular flexibility index (Phi) is 5.59. The van der Waals surface area contributed by atoms with Gasteiger partial charge in [0.25, 0.3) is 0 Å². The molecule has 0 aromatic heterocycles. The van der Waals surface area contributed by atoms with Crippen molar-refractivity contribution >= 4 is 29.1 Å². The molecule has 0 radical (unpaired) electrons. The molecule has 0 saturated carbocycles. The zero-order chi connectivity index (χ0) is 17.9. The van der Waals surface area contributed by atoms with Crippen LogP contribution in [0.4, 0.5) is 11.4 Å². The van der Waals surface area contributed by atoms with Crippen LogP contribution in [0, 0.1) is 5.92 Å². The third kappa shape index (κ3) is 4.13. The molecule has 0 fully saturated rings. The molecule has 130 valence electrons. The van der Waals surface area contributed by atoms with Gasteiger partial charge in [-0.05, 0) is 36.5 Å². The van der Waals surface area contributed by atoms with Gasteiger partial charge < -0.3 is 15.5 Å². The number of anilines is 2. The van der Waals surface area contributed by atoms with Gasteiger partial charge in [-0.2, -0.15) is 0 Å². The van der Waals surface area contributed by atoms with Crippen molar-refractivity contribution in [2.75, 3.05) is 16.8 Å². The molecule has 1 aromatic rings. The zero-order valence-electron chi connectivity index (χ0n) is 14.7. The van der Waals surface area contributed by atoms with E-state index in [0.29, 0.717) is 12.2 Å². The van der Waals surface area contributed by atoms with Crippen molar-refractivity contribution < 1.29 is 14.4 Å². The van der Waals surface area contributed by atoms with Gasteiger partial charge in [-0.3, -0.25) is 14.4 Å². The lowest BCUT2D eigenvalue weighted by molar-refractivity contribution is -0.126. The summed E-state index contributed by atoms with van der Waals surface area (Å²) in [4.78, 5) is 37.3. The fraction of sp³-hybridized carbons (Fsp3) is 0.500. The highest BCUT2D eigenvalue weighted by Gasteiger charge is 2.24. The van der Waals surface area contributed by atoms with Crippen molar-refractivity contribution in [2.45, 2.75) is 46.6 Å². The molecule has 3 amide bonds. The lowest BCUT2D eigenvalue weighted by Gasteiger charge is -2.29. The number of hydrogen-bond donors (Lipinski definition) is 2. The van der Waals surface area contributed by atoms with E-state index in [1.807, 2.05) is 32.0 Å². The van der Waals surface area contributed by atoms with Crippen molar-refractivity contribution in [3.05, 3.63) is 23.8 Å². The summed E-state index contributed by atoms with van der Waals surface area (Å²) in [6, 6.07) is 5.02. The highest BCUT2D eigenvalue weighted by molar-refractivity contribution is 5.99. The molecule has 24 heavy (non-hydrogen) atoms. The largest absolute Gasteiger partial charge is 0.344 e. The summed E-state index contributed by atoms with van der Waals surface area (Å²) < 4.78 is 0. The van der Waals surface area contributed by atoms with Gasteiger partial charge in [0.15, 0.2) is 0 Å². The van der Waals surface area contributed by atoms with Crippen molar-refractivity contribution in [1.29, 1.82) is 0 Å². The van der Waals surface area contributed by atoms with E-state index < -0.39 is 6.04 Å². The topological polar surface area (TPSA) is 78.5 Å². The third-order valence-corrected chi connectivity index (χ3v) is 4.16. The number of nitrogens with zero attached hydrogens (tertiary/aromatic N) is 1. The molecule has 0 saturated heterocycles. The van der Waals surface area contributed by atoms with E-state index in [9.17, 15) is 14.4 Å². The van der Waals surface area contributed by atoms with Crippen molar-refractivity contribution in [3.63, 3.8) is 0 Å². The normalized spacial score (nSPS) is 14.8. The molecular weight excluding hydrogens is 306 g/mol. The molecule has 1 aromatic carbocycles. The summed E-state index contributed by atoms with van der Waals surface area (Å²) in [7, 11) is 0. The zero-order valence-corrected chi connectivity index (χ0v) is 14.7. The molecule has 0 aliphatic carbocycles. The Bertz CT molecular complexity index is 655. The van der Waals surface area contributed by atoms with E-state index in [1.54, 1.807) is 11.8 Å². The number of fused-ring (bicyclic) bond motifs is 1. The van der Waals surface area contributed by atoms with Crippen LogP contribution in [0.5, 0.6) is 0 Å². The Balaban J connectivity index is 2.21. The summed E-state index contributed by atoms with van der Waals surface area (Å²) in [6.07, 6.45) is 1.87. The van der Waals surface area contributed by atoms with E-state index in [2.05, 4.69) is 10.6 Å². The number of rotatable bonds is 4. The molecule has 1 aliphatic heterocycles. The second kappa shape index (κ2) is 7.47. The first-order valence-corrected chi connectivity index (χ1v) is 8.28. The average Bonchev–Trinajstić information content (AvgIpc) is 2.51. The van der Waals surface area contributed by atoms with Gasteiger partial charge in [-0.25, -0.2) is 0 Å². The lowest BCUT2D eigenvalue weighted by Crippen LogP contribution is -2.46. The number of aryl methyl sites for hydroxylation is 1. The highest BCUT2D eigenvalue weighted by Crippen LogP contribution is 2.30. The second-order valence-corrected chi connectivity index (χ2v) is 6.53. The first-order chi connectivity index (χ1) is 11.3. The minimum atomic E-state index is -0.595. The van der Waals surface area contributed by atoms with Crippen molar-refractivity contribution in [3.8, 4) is 0 Å². The van der Waals surface area contributed by atoms with E-state index in [4.69, 9.17) is 0 Å². The van der Waals surface area contributed by atoms with Crippen molar-refractivity contribution in [2.24, 2.45) is 5.92 Å². The molecule has 1 aliphatic rings. The number of carbonyl (C=O) groups excluding carboxylic acids is 3. The van der Waals surface area contributed by atoms with Gasteiger partial charge in [0.05, 0.1) is 0 Å². The van der Waals surface area contributed by atoms with Crippen LogP contribution >= 0.6 is 0 Å². The van der Waals surface area contributed by atoms with Gasteiger partial charge in [0.1, 0.15) is 6.04 Å². The van der Waals surface area contributed by atoms with Gasteiger partial charge in [0, 0.05) is 31.8 Å². The Morgan fingerprint density at radius 2 is 1.88 bits per heavy atom. The van der Waals surface area contributed by atoms with E-state index in [1.165, 1.54) is 6.92 Å². The van der Waals surface area contributed by atoms with Crippen LogP contribution in [-0.2, 0) is 20.8 Å². The number of amides is 3. The predicted molar refractivity (Wildman–Crippen MR) is 93.9 cm³/mol. The minimum Gasteiger partial charge on any atom is -0.344 e. The van der Waals surface area contributed by atoms with Crippen LogP contribution in [0.25, 0.3) is 0 Å². The number of hydrogen-bond acceptors (Lipinski definition) is 3. The molecule has 1 atom stereocenters. The predicted octanol–water partition coefficient (Wildman–Crippen LogP) is 2.08. The minimum absolute atomic E-state index is 0.00210. The Labute approximate surface area is 142 Å². The third-order valence-electron chi connectivity index (χ3n) is 4.16. The maximum atomic E-state index is 12.5. The van der Waals surface area contributed by atoms with E-state index in [-0.39, 0.29) is 23.6 Å². The number of benzene rings is 1. The van der Waals surface area contributed by atoms with Gasteiger partial charge >= 0.3 is 0 Å². The van der Waals surface area contributed by atoms with Crippen LogP contribution in [0.2, 0.25) is 0 Å². The molecular formula is C18H25N3O3. The fourth-order valence-corrected chi connectivity index (χ4v) is 2.95. The summed E-state index contributed by atoms with van der Waals surface area (Å²) in [6.45, 7) is 7.40. The number of carbonyl (C=O) groups is 3. The molecule has 6 heteroatoms. The second-order valence-electron chi connectivity index (χ2n) is 6.53. The fourth-order valence-electron chi connectivity index (χ4n) is 2.95. The van der Waals surface area contributed by atoms with Crippen LogP contribution in [0.15, 0.2) is 18.2 Å². The first kappa shape index (κ1) is 18.0. The maximum absolute atomic E-state index is 12.5. The summed E-state index contributed by atoms with van der Waals surface area (Å²) in [5, 5.41) is 5.52. The van der Waals surface area contributed by atoms with Crippen molar-refractivity contribution in [1.82, 2.24) is 5.32 Å². The molecule has 0 bridgehead atoms. The number of nitrogens with one attached hydrogen (secondary N) is 2. The summed E-state index contributed by atoms with van der Waals surface area (Å²) in [5.41, 5.74) is 2.59. The van der Waals surface area contributed by atoms with Gasteiger partial charge in [-0.1, -0.05) is 19.9 Å². The molecule has 0 spiro atoms. The van der Waals surface area contributed by atoms with Crippen LogP contribution in [0.1, 0.15) is 39.7 Å².